The van der Waals surface area contributed by atoms with Crippen molar-refractivity contribution in [1.82, 2.24) is 4.31 Å². The first-order valence-corrected chi connectivity index (χ1v) is 9.30. The third-order valence-corrected chi connectivity index (χ3v) is 7.09. The SMILES string of the molecule is O=S(=O)(c1ccc(F)c(Cl)c1)N1CCC[C@@]2(CCC[C@H]2O)C1. The van der Waals surface area contributed by atoms with Crippen LogP contribution in [0.1, 0.15) is 32.1 Å². The summed E-state index contributed by atoms with van der Waals surface area (Å²) in [6, 6.07) is 3.46. The molecule has 1 N–H and O–H groups in total. The van der Waals surface area contributed by atoms with Gasteiger partial charge in [0.15, 0.2) is 0 Å². The summed E-state index contributed by atoms with van der Waals surface area (Å²) >= 11 is 5.70. The van der Waals surface area contributed by atoms with Crippen LogP contribution in [0.25, 0.3) is 0 Å². The first-order chi connectivity index (χ1) is 10.3. The number of aliphatic hydroxyl groups is 1. The Morgan fingerprint density at radius 2 is 2.05 bits per heavy atom. The predicted molar refractivity (Wildman–Crippen MR) is 81.7 cm³/mol. The van der Waals surface area contributed by atoms with E-state index in [4.69, 9.17) is 11.6 Å². The zero-order chi connectivity index (χ0) is 16.0. The maximum absolute atomic E-state index is 13.2. The fraction of sp³-hybridized carbons (Fsp3) is 0.600. The maximum atomic E-state index is 13.2. The highest BCUT2D eigenvalue weighted by atomic mass is 35.5. The van der Waals surface area contributed by atoms with Crippen LogP contribution >= 0.6 is 11.6 Å². The van der Waals surface area contributed by atoms with Gasteiger partial charge in [-0.2, -0.15) is 4.31 Å². The highest BCUT2D eigenvalue weighted by molar-refractivity contribution is 7.89. The predicted octanol–water partition coefficient (Wildman–Crippen LogP) is 2.79. The Kier molecular flexibility index (Phi) is 4.22. The van der Waals surface area contributed by atoms with E-state index in [1.807, 2.05) is 0 Å². The number of rotatable bonds is 2. The number of hydrogen-bond donors (Lipinski definition) is 1. The van der Waals surface area contributed by atoms with Crippen molar-refractivity contribution in [3.63, 3.8) is 0 Å². The Morgan fingerprint density at radius 1 is 1.32 bits per heavy atom. The molecular formula is C15H19ClFNO3S. The van der Waals surface area contributed by atoms with Crippen molar-refractivity contribution in [2.45, 2.75) is 43.1 Å². The minimum atomic E-state index is -3.72. The van der Waals surface area contributed by atoms with E-state index >= 15 is 0 Å². The van der Waals surface area contributed by atoms with Gasteiger partial charge >= 0.3 is 0 Å². The zero-order valence-corrected chi connectivity index (χ0v) is 13.7. The van der Waals surface area contributed by atoms with E-state index in [1.165, 1.54) is 10.4 Å². The van der Waals surface area contributed by atoms with Gasteiger partial charge in [0.1, 0.15) is 5.82 Å². The largest absolute Gasteiger partial charge is 0.392 e. The molecule has 4 nitrogen and oxygen atoms in total. The van der Waals surface area contributed by atoms with E-state index in [0.717, 1.165) is 44.2 Å². The molecule has 2 atom stereocenters. The highest BCUT2D eigenvalue weighted by Crippen LogP contribution is 2.46. The molecule has 0 bridgehead atoms. The fourth-order valence-corrected chi connectivity index (χ4v) is 5.55. The quantitative estimate of drug-likeness (QED) is 0.895. The van der Waals surface area contributed by atoms with Crippen LogP contribution in [0.15, 0.2) is 23.1 Å². The molecule has 2 aliphatic rings. The first-order valence-electron chi connectivity index (χ1n) is 7.48. The molecule has 22 heavy (non-hydrogen) atoms. The van der Waals surface area contributed by atoms with Gasteiger partial charge < -0.3 is 5.11 Å². The summed E-state index contributed by atoms with van der Waals surface area (Å²) in [6.07, 6.45) is 3.65. The molecule has 1 heterocycles. The lowest BCUT2D eigenvalue weighted by Gasteiger charge is -2.41. The smallest absolute Gasteiger partial charge is 0.243 e. The van der Waals surface area contributed by atoms with Crippen molar-refractivity contribution in [2.24, 2.45) is 5.41 Å². The van der Waals surface area contributed by atoms with Gasteiger partial charge in [-0.05, 0) is 43.9 Å². The van der Waals surface area contributed by atoms with Crippen LogP contribution < -0.4 is 0 Å². The number of sulfonamides is 1. The lowest BCUT2D eigenvalue weighted by atomic mass is 9.77. The Labute approximate surface area is 134 Å². The van der Waals surface area contributed by atoms with E-state index in [-0.39, 0.29) is 15.3 Å². The lowest BCUT2D eigenvalue weighted by Crippen LogP contribution is -2.49. The molecule has 1 aromatic rings. The van der Waals surface area contributed by atoms with Crippen LogP contribution in [0.5, 0.6) is 0 Å². The van der Waals surface area contributed by atoms with E-state index < -0.39 is 21.9 Å². The second kappa shape index (κ2) is 5.74. The Hall–Kier alpha value is -0.690. The van der Waals surface area contributed by atoms with Crippen LogP contribution in [0.2, 0.25) is 5.02 Å². The van der Waals surface area contributed by atoms with Crippen LogP contribution in [-0.4, -0.2) is 37.0 Å². The summed E-state index contributed by atoms with van der Waals surface area (Å²) in [4.78, 5) is 0.00318. The number of piperidine rings is 1. The van der Waals surface area contributed by atoms with Gasteiger partial charge in [0, 0.05) is 18.5 Å². The summed E-state index contributed by atoms with van der Waals surface area (Å²) < 4.78 is 40.2. The summed E-state index contributed by atoms with van der Waals surface area (Å²) in [5, 5.41) is 10.0. The van der Waals surface area contributed by atoms with Gasteiger partial charge in [0.25, 0.3) is 0 Å². The monoisotopic (exact) mass is 347 g/mol. The van der Waals surface area contributed by atoms with Crippen molar-refractivity contribution in [1.29, 1.82) is 0 Å². The van der Waals surface area contributed by atoms with Gasteiger partial charge in [-0.3, -0.25) is 0 Å². The molecule has 1 spiro atoms. The minimum absolute atomic E-state index is 0.00318. The van der Waals surface area contributed by atoms with E-state index in [9.17, 15) is 17.9 Å². The topological polar surface area (TPSA) is 57.6 Å². The van der Waals surface area contributed by atoms with Crippen molar-refractivity contribution in [3.05, 3.63) is 29.0 Å². The average Bonchev–Trinajstić information content (AvgIpc) is 2.82. The van der Waals surface area contributed by atoms with Crippen LogP contribution in [0.3, 0.4) is 0 Å². The third-order valence-electron chi connectivity index (χ3n) is 4.96. The average molecular weight is 348 g/mol. The van der Waals surface area contributed by atoms with E-state index in [1.54, 1.807) is 0 Å². The Morgan fingerprint density at radius 3 is 2.68 bits per heavy atom. The Bertz CT molecular complexity index is 681. The first kappa shape index (κ1) is 16.2. The molecule has 1 aliphatic heterocycles. The molecule has 2 fully saturated rings. The molecule has 7 heteroatoms. The van der Waals surface area contributed by atoms with Gasteiger partial charge in [0.05, 0.1) is 16.0 Å². The summed E-state index contributed by atoms with van der Waals surface area (Å²) in [5.74, 6) is -0.637. The number of hydrogen-bond acceptors (Lipinski definition) is 3. The van der Waals surface area contributed by atoms with Gasteiger partial charge in [-0.25, -0.2) is 12.8 Å². The molecule has 1 aliphatic carbocycles. The summed E-state index contributed by atoms with van der Waals surface area (Å²) in [6.45, 7) is 0.747. The second-order valence-electron chi connectivity index (χ2n) is 6.29. The summed E-state index contributed by atoms with van der Waals surface area (Å²) in [5.41, 5.74) is -0.324. The standard InChI is InChI=1S/C15H19ClFNO3S/c16-12-9-11(4-5-13(12)17)22(20,21)18-8-2-7-15(10-18)6-1-3-14(15)19/h4-5,9,14,19H,1-3,6-8,10H2/t14-,15+/m1/s1. The van der Waals surface area contributed by atoms with Crippen LogP contribution in [0.4, 0.5) is 4.39 Å². The molecule has 1 aromatic carbocycles. The molecule has 1 saturated heterocycles. The normalized spacial score (nSPS) is 30.0. The lowest BCUT2D eigenvalue weighted by molar-refractivity contribution is 0.0127. The van der Waals surface area contributed by atoms with Crippen molar-refractivity contribution < 1.29 is 17.9 Å². The molecule has 3 rings (SSSR count). The maximum Gasteiger partial charge on any atom is 0.243 e. The van der Waals surface area contributed by atoms with Gasteiger partial charge in [-0.15, -0.1) is 0 Å². The molecule has 0 aromatic heterocycles. The molecule has 0 amide bonds. The summed E-state index contributed by atoms with van der Waals surface area (Å²) in [7, 11) is -3.72. The highest BCUT2D eigenvalue weighted by Gasteiger charge is 2.47. The van der Waals surface area contributed by atoms with Gasteiger partial charge in [0.2, 0.25) is 10.0 Å². The minimum Gasteiger partial charge on any atom is -0.392 e. The number of aliphatic hydroxyl groups excluding tert-OH is 1. The molecule has 122 valence electrons. The third kappa shape index (κ3) is 2.66. The van der Waals surface area contributed by atoms with Crippen LogP contribution in [0, 0.1) is 11.2 Å². The van der Waals surface area contributed by atoms with E-state index in [2.05, 4.69) is 0 Å². The van der Waals surface area contributed by atoms with E-state index in [0.29, 0.717) is 13.1 Å². The van der Waals surface area contributed by atoms with Crippen molar-refractivity contribution >= 4 is 21.6 Å². The molecule has 0 radical (unpaired) electrons. The molecule has 1 saturated carbocycles. The molecular weight excluding hydrogens is 329 g/mol. The number of nitrogens with zero attached hydrogens (tertiary/aromatic N) is 1. The fourth-order valence-electron chi connectivity index (χ4n) is 3.70. The Balaban J connectivity index is 1.90. The van der Waals surface area contributed by atoms with Crippen LogP contribution in [-0.2, 0) is 10.0 Å². The second-order valence-corrected chi connectivity index (χ2v) is 8.63. The van der Waals surface area contributed by atoms with Crippen molar-refractivity contribution in [3.8, 4) is 0 Å². The van der Waals surface area contributed by atoms with Crippen molar-refractivity contribution in [2.75, 3.05) is 13.1 Å². The number of benzene rings is 1. The molecule has 0 unspecified atom stereocenters. The van der Waals surface area contributed by atoms with Gasteiger partial charge in [-0.1, -0.05) is 18.0 Å². The number of halogens is 2. The zero-order valence-electron chi connectivity index (χ0n) is 12.1.